The molecule has 0 amide bonds. The third-order valence-corrected chi connectivity index (χ3v) is 2.39. The third kappa shape index (κ3) is 4.51. The maximum Gasteiger partial charge on any atom is 0.0602 e. The van der Waals surface area contributed by atoms with Crippen molar-refractivity contribution in [3.8, 4) is 0 Å². The van der Waals surface area contributed by atoms with Gasteiger partial charge in [0.05, 0.1) is 24.6 Å². The lowest BCUT2D eigenvalue weighted by atomic mass is 10.3. The average molecular weight is 246 g/mol. The molecule has 1 N–H and O–H groups in total. The number of hydrogen-bond acceptors (Lipinski definition) is 3. The Bertz CT molecular complexity index is 301. The minimum absolute atomic E-state index is 0.557. The Labute approximate surface area is 102 Å². The maximum atomic E-state index is 5.50. The molecule has 0 saturated heterocycles. The lowest BCUT2D eigenvalue weighted by Gasteiger charge is -2.06. The van der Waals surface area contributed by atoms with Crippen LogP contribution in [0.3, 0.4) is 0 Å². The summed E-state index contributed by atoms with van der Waals surface area (Å²) in [4.78, 5) is 0. The van der Waals surface area contributed by atoms with Crippen LogP contribution in [-0.4, -0.2) is 35.4 Å². The van der Waals surface area contributed by atoms with Gasteiger partial charge in [-0.3, -0.25) is 4.68 Å². The quantitative estimate of drug-likeness (QED) is 0.558. The van der Waals surface area contributed by atoms with E-state index in [4.69, 9.17) is 16.3 Å². The highest BCUT2D eigenvalue weighted by molar-refractivity contribution is 6.17. The van der Waals surface area contributed by atoms with E-state index < -0.39 is 0 Å². The fraction of sp³-hybridized carbons (Fsp3) is 0.727. The molecule has 0 atom stereocenters. The van der Waals surface area contributed by atoms with Gasteiger partial charge in [0.25, 0.3) is 0 Å². The second-order valence-electron chi connectivity index (χ2n) is 3.57. The molecule has 4 nitrogen and oxygen atoms in total. The van der Waals surface area contributed by atoms with Crippen molar-refractivity contribution in [3.05, 3.63) is 17.5 Å². The van der Waals surface area contributed by atoms with Crippen molar-refractivity contribution in [2.24, 2.45) is 0 Å². The van der Waals surface area contributed by atoms with Gasteiger partial charge >= 0.3 is 0 Å². The van der Waals surface area contributed by atoms with E-state index in [1.807, 2.05) is 11.6 Å². The van der Waals surface area contributed by atoms with Crippen LogP contribution in [0.5, 0.6) is 0 Å². The van der Waals surface area contributed by atoms with E-state index in [0.29, 0.717) is 19.1 Å². The molecule has 1 aromatic rings. The highest BCUT2D eigenvalue weighted by atomic mass is 35.5. The first-order valence-electron chi connectivity index (χ1n) is 5.65. The predicted octanol–water partition coefficient (Wildman–Crippen LogP) is 1.56. The summed E-state index contributed by atoms with van der Waals surface area (Å²) in [6.45, 7) is 8.01. The average Bonchev–Trinajstić information content (AvgIpc) is 2.64. The molecule has 0 bridgehead atoms. The molecule has 0 spiro atoms. The van der Waals surface area contributed by atoms with Crippen molar-refractivity contribution in [2.45, 2.75) is 26.9 Å². The zero-order valence-electron chi connectivity index (χ0n) is 10.0. The van der Waals surface area contributed by atoms with Crippen molar-refractivity contribution in [2.75, 3.05) is 25.6 Å². The molecule has 0 aromatic carbocycles. The molecule has 1 rings (SSSR count). The first-order valence-corrected chi connectivity index (χ1v) is 6.19. The van der Waals surface area contributed by atoms with Crippen molar-refractivity contribution < 1.29 is 4.74 Å². The Kier molecular flexibility index (Phi) is 6.45. The van der Waals surface area contributed by atoms with Gasteiger partial charge in [-0.15, -0.1) is 11.6 Å². The van der Waals surface area contributed by atoms with Crippen molar-refractivity contribution in [3.63, 3.8) is 0 Å². The van der Waals surface area contributed by atoms with E-state index in [2.05, 4.69) is 23.4 Å². The number of nitrogens with zero attached hydrogens (tertiary/aromatic N) is 2. The number of hydrogen-bond donors (Lipinski definition) is 1. The molecular weight excluding hydrogens is 226 g/mol. The van der Waals surface area contributed by atoms with Crippen LogP contribution in [0.4, 0.5) is 0 Å². The van der Waals surface area contributed by atoms with E-state index in [9.17, 15) is 0 Å². The first-order chi connectivity index (χ1) is 7.77. The van der Waals surface area contributed by atoms with E-state index in [-0.39, 0.29) is 0 Å². The minimum atomic E-state index is 0.557. The third-order valence-electron chi connectivity index (χ3n) is 2.24. The van der Waals surface area contributed by atoms with Gasteiger partial charge in [-0.25, -0.2) is 0 Å². The number of ether oxygens (including phenoxy) is 1. The monoisotopic (exact) mass is 245 g/mol. The second kappa shape index (κ2) is 7.65. The molecule has 1 aromatic heterocycles. The normalized spacial score (nSPS) is 10.9. The first kappa shape index (κ1) is 13.5. The summed E-state index contributed by atoms with van der Waals surface area (Å²) in [5, 5.41) is 7.71. The smallest absolute Gasteiger partial charge is 0.0602 e. The highest BCUT2D eigenvalue weighted by Gasteiger charge is 2.02. The minimum Gasteiger partial charge on any atom is -0.379 e. The molecule has 1 heterocycles. The Balaban J connectivity index is 2.21. The number of rotatable bonds is 8. The second-order valence-corrected chi connectivity index (χ2v) is 3.95. The molecule has 0 unspecified atom stereocenters. The lowest BCUT2D eigenvalue weighted by Crippen LogP contribution is -2.21. The molecule has 0 saturated carbocycles. The number of nitrogens with one attached hydrogen (secondary N) is 1. The summed E-state index contributed by atoms with van der Waals surface area (Å²) < 4.78 is 7.28. The number of halogens is 1. The van der Waals surface area contributed by atoms with E-state index in [0.717, 1.165) is 25.3 Å². The van der Waals surface area contributed by atoms with Crippen LogP contribution in [0, 0.1) is 6.92 Å². The summed E-state index contributed by atoms with van der Waals surface area (Å²) in [7, 11) is 0. The maximum absolute atomic E-state index is 5.50. The van der Waals surface area contributed by atoms with Gasteiger partial charge in [-0.1, -0.05) is 0 Å². The Hall–Kier alpha value is -0.580. The lowest BCUT2D eigenvalue weighted by molar-refractivity contribution is 0.150. The fourth-order valence-corrected chi connectivity index (χ4v) is 1.64. The van der Waals surface area contributed by atoms with Crippen LogP contribution in [-0.2, 0) is 17.8 Å². The molecule has 5 heteroatoms. The van der Waals surface area contributed by atoms with E-state index >= 15 is 0 Å². The Morgan fingerprint density at radius 2 is 2.31 bits per heavy atom. The van der Waals surface area contributed by atoms with Crippen LogP contribution in [0.2, 0.25) is 0 Å². The summed E-state index contributed by atoms with van der Waals surface area (Å²) in [6.07, 6.45) is 0. The fourth-order valence-electron chi connectivity index (χ4n) is 1.53. The molecular formula is C11H20ClN3O. The summed E-state index contributed by atoms with van der Waals surface area (Å²) in [5.74, 6) is 0.557. The van der Waals surface area contributed by atoms with Gasteiger partial charge in [0.2, 0.25) is 0 Å². The van der Waals surface area contributed by atoms with Crippen LogP contribution >= 0.6 is 11.6 Å². The Morgan fingerprint density at radius 3 is 3.00 bits per heavy atom. The predicted molar refractivity (Wildman–Crippen MR) is 65.9 cm³/mol. The SMILES string of the molecule is CCn1nc(C)cc1CNCCOCCCl. The molecule has 92 valence electrons. The van der Waals surface area contributed by atoms with Crippen LogP contribution < -0.4 is 5.32 Å². The zero-order chi connectivity index (χ0) is 11.8. The van der Waals surface area contributed by atoms with Gasteiger partial charge in [0.1, 0.15) is 0 Å². The van der Waals surface area contributed by atoms with Gasteiger partial charge in [0, 0.05) is 25.5 Å². The van der Waals surface area contributed by atoms with Gasteiger partial charge < -0.3 is 10.1 Å². The number of aromatic nitrogens is 2. The molecule has 0 aliphatic heterocycles. The molecule has 0 aliphatic carbocycles. The van der Waals surface area contributed by atoms with Crippen LogP contribution in [0.15, 0.2) is 6.07 Å². The van der Waals surface area contributed by atoms with Crippen molar-refractivity contribution in [1.82, 2.24) is 15.1 Å². The van der Waals surface area contributed by atoms with Gasteiger partial charge in [-0.05, 0) is 19.9 Å². The standard InChI is InChI=1S/C11H20ClN3O/c1-3-15-11(8-10(2)14-15)9-13-5-7-16-6-4-12/h8,13H,3-7,9H2,1-2H3. The largest absolute Gasteiger partial charge is 0.379 e. The summed E-state index contributed by atoms with van der Waals surface area (Å²) >= 11 is 5.50. The zero-order valence-corrected chi connectivity index (χ0v) is 10.8. The summed E-state index contributed by atoms with van der Waals surface area (Å²) in [5.41, 5.74) is 2.29. The summed E-state index contributed by atoms with van der Waals surface area (Å²) in [6, 6.07) is 2.11. The Morgan fingerprint density at radius 1 is 1.50 bits per heavy atom. The molecule has 0 aliphatic rings. The highest BCUT2D eigenvalue weighted by Crippen LogP contribution is 2.02. The molecule has 0 radical (unpaired) electrons. The van der Waals surface area contributed by atoms with Gasteiger partial charge in [0.15, 0.2) is 0 Å². The van der Waals surface area contributed by atoms with Gasteiger partial charge in [-0.2, -0.15) is 5.10 Å². The number of alkyl halides is 1. The topological polar surface area (TPSA) is 39.1 Å². The molecule has 0 fully saturated rings. The van der Waals surface area contributed by atoms with E-state index in [1.165, 1.54) is 5.69 Å². The van der Waals surface area contributed by atoms with Crippen LogP contribution in [0.1, 0.15) is 18.3 Å². The van der Waals surface area contributed by atoms with Crippen LogP contribution in [0.25, 0.3) is 0 Å². The van der Waals surface area contributed by atoms with E-state index in [1.54, 1.807) is 0 Å². The van der Waals surface area contributed by atoms with Crippen molar-refractivity contribution in [1.29, 1.82) is 0 Å². The number of aryl methyl sites for hydroxylation is 2. The molecule has 16 heavy (non-hydrogen) atoms. The van der Waals surface area contributed by atoms with Crippen molar-refractivity contribution >= 4 is 11.6 Å².